The van der Waals surface area contributed by atoms with Crippen LogP contribution in [0.5, 0.6) is 0 Å². The van der Waals surface area contributed by atoms with Crippen LogP contribution >= 0.6 is 0 Å². The molecule has 0 aromatic heterocycles. The first kappa shape index (κ1) is 18.4. The summed E-state index contributed by atoms with van der Waals surface area (Å²) in [5.74, 6) is 0. The summed E-state index contributed by atoms with van der Waals surface area (Å²) in [7, 11) is 0. The minimum Gasteiger partial charge on any atom is -0.151 e. The first-order valence-corrected chi connectivity index (χ1v) is 9.35. The van der Waals surface area contributed by atoms with Crippen molar-refractivity contribution in [2.45, 2.75) is 65.2 Å². The van der Waals surface area contributed by atoms with Crippen molar-refractivity contribution in [2.75, 3.05) is 0 Å². The number of unbranched alkanes of at least 4 members (excludes halogenated alkanes) is 6. The number of nitrogens with zero attached hydrogens (tertiary/aromatic N) is 2. The largest absolute Gasteiger partial charge is 0.151 e. The summed E-state index contributed by atoms with van der Waals surface area (Å²) in [5.41, 5.74) is 4.45. The number of azo groups is 1. The first-order chi connectivity index (χ1) is 11.8. The van der Waals surface area contributed by atoms with Gasteiger partial charge in [-0.25, -0.2) is 0 Å². The predicted molar refractivity (Wildman–Crippen MR) is 103 cm³/mol. The molecule has 2 aromatic carbocycles. The van der Waals surface area contributed by atoms with E-state index in [0.29, 0.717) is 0 Å². The summed E-state index contributed by atoms with van der Waals surface area (Å²) in [4.78, 5) is 0. The van der Waals surface area contributed by atoms with Crippen molar-refractivity contribution in [1.82, 2.24) is 0 Å². The van der Waals surface area contributed by atoms with E-state index in [2.05, 4.69) is 60.5 Å². The summed E-state index contributed by atoms with van der Waals surface area (Å²) in [6, 6.07) is 16.6. The zero-order chi connectivity index (χ0) is 17.0. The van der Waals surface area contributed by atoms with E-state index in [0.717, 1.165) is 11.4 Å². The van der Waals surface area contributed by atoms with Crippen LogP contribution < -0.4 is 0 Å². The third-order valence-corrected chi connectivity index (χ3v) is 4.32. The Morgan fingerprint density at radius 3 is 1.71 bits per heavy atom. The monoisotopic (exact) mass is 322 g/mol. The molecule has 0 saturated heterocycles. The fourth-order valence-corrected chi connectivity index (χ4v) is 2.74. The van der Waals surface area contributed by atoms with Crippen LogP contribution in [-0.4, -0.2) is 0 Å². The molecule has 2 rings (SSSR count). The standard InChI is InChI=1S/C22H30N2/c1-3-4-5-6-7-8-9-10-20-13-17-22(18-14-20)24-23-21-15-11-19(2)12-16-21/h11-18H,3-10H2,1-2H3. The van der Waals surface area contributed by atoms with Crippen LogP contribution in [0.25, 0.3) is 0 Å². The summed E-state index contributed by atoms with van der Waals surface area (Å²) in [5, 5.41) is 8.59. The van der Waals surface area contributed by atoms with E-state index in [9.17, 15) is 0 Å². The zero-order valence-corrected chi connectivity index (χ0v) is 15.2. The summed E-state index contributed by atoms with van der Waals surface area (Å²) in [6.07, 6.45) is 10.7. The smallest absolute Gasteiger partial charge is 0.0857 e. The van der Waals surface area contributed by atoms with Gasteiger partial charge in [0.1, 0.15) is 0 Å². The Morgan fingerprint density at radius 1 is 0.625 bits per heavy atom. The Bertz CT molecular complexity index is 597. The third kappa shape index (κ3) is 7.08. The van der Waals surface area contributed by atoms with Gasteiger partial charge in [-0.15, -0.1) is 0 Å². The second-order valence-corrected chi connectivity index (χ2v) is 6.57. The molecule has 0 bridgehead atoms. The molecule has 2 aromatic rings. The summed E-state index contributed by atoms with van der Waals surface area (Å²) < 4.78 is 0. The quantitative estimate of drug-likeness (QED) is 0.316. The van der Waals surface area contributed by atoms with E-state index < -0.39 is 0 Å². The van der Waals surface area contributed by atoms with Gasteiger partial charge >= 0.3 is 0 Å². The molecular weight excluding hydrogens is 292 g/mol. The van der Waals surface area contributed by atoms with Crippen molar-refractivity contribution in [3.63, 3.8) is 0 Å². The van der Waals surface area contributed by atoms with Gasteiger partial charge in [0.05, 0.1) is 11.4 Å². The molecule has 0 saturated carbocycles. The first-order valence-electron chi connectivity index (χ1n) is 9.35. The Balaban J connectivity index is 1.71. The molecule has 0 aliphatic heterocycles. The van der Waals surface area contributed by atoms with Crippen LogP contribution in [0, 0.1) is 6.92 Å². The van der Waals surface area contributed by atoms with Crippen LogP contribution in [0.1, 0.15) is 63.0 Å². The number of aryl methyl sites for hydroxylation is 2. The lowest BCUT2D eigenvalue weighted by molar-refractivity contribution is 0.589. The van der Waals surface area contributed by atoms with Crippen LogP contribution in [0.3, 0.4) is 0 Å². The van der Waals surface area contributed by atoms with Crippen molar-refractivity contribution < 1.29 is 0 Å². The maximum absolute atomic E-state index is 4.31. The SMILES string of the molecule is CCCCCCCCCc1ccc(N=Nc2ccc(C)cc2)cc1. The van der Waals surface area contributed by atoms with Gasteiger partial charge in [-0.2, -0.15) is 10.2 Å². The fraction of sp³-hybridized carbons (Fsp3) is 0.455. The molecule has 0 spiro atoms. The molecule has 0 aliphatic carbocycles. The van der Waals surface area contributed by atoms with E-state index in [1.165, 1.54) is 62.5 Å². The van der Waals surface area contributed by atoms with Gasteiger partial charge in [0.15, 0.2) is 0 Å². The van der Waals surface area contributed by atoms with Gasteiger partial charge in [-0.05, 0) is 49.6 Å². The highest BCUT2D eigenvalue weighted by Crippen LogP contribution is 2.20. The molecule has 128 valence electrons. The Kier molecular flexibility index (Phi) is 8.23. The minimum atomic E-state index is 0.896. The van der Waals surface area contributed by atoms with Crippen molar-refractivity contribution >= 4 is 11.4 Å². The van der Waals surface area contributed by atoms with E-state index in [1.54, 1.807) is 0 Å². The molecule has 0 amide bonds. The highest BCUT2D eigenvalue weighted by Gasteiger charge is 1.96. The molecule has 2 heteroatoms. The maximum atomic E-state index is 4.31. The van der Waals surface area contributed by atoms with Gasteiger partial charge < -0.3 is 0 Å². The van der Waals surface area contributed by atoms with Crippen LogP contribution in [0.4, 0.5) is 11.4 Å². The minimum absolute atomic E-state index is 0.896. The van der Waals surface area contributed by atoms with Crippen LogP contribution in [0.15, 0.2) is 58.8 Å². The van der Waals surface area contributed by atoms with Crippen molar-refractivity contribution in [3.8, 4) is 0 Å². The second kappa shape index (κ2) is 10.7. The Hall–Kier alpha value is -1.96. The molecular formula is C22H30N2. The van der Waals surface area contributed by atoms with Crippen molar-refractivity contribution in [1.29, 1.82) is 0 Å². The lowest BCUT2D eigenvalue weighted by Crippen LogP contribution is -1.86. The number of benzene rings is 2. The van der Waals surface area contributed by atoms with Gasteiger partial charge in [0, 0.05) is 0 Å². The average Bonchev–Trinajstić information content (AvgIpc) is 2.61. The highest BCUT2D eigenvalue weighted by atomic mass is 15.1. The van der Waals surface area contributed by atoms with Gasteiger partial charge in [-0.3, -0.25) is 0 Å². The highest BCUT2D eigenvalue weighted by molar-refractivity contribution is 5.41. The topological polar surface area (TPSA) is 24.7 Å². The average molecular weight is 322 g/mol. The van der Waals surface area contributed by atoms with Crippen LogP contribution in [0.2, 0.25) is 0 Å². The summed E-state index contributed by atoms with van der Waals surface area (Å²) in [6.45, 7) is 4.34. The number of hydrogen-bond acceptors (Lipinski definition) is 2. The molecule has 0 aliphatic rings. The molecule has 0 fully saturated rings. The number of rotatable bonds is 10. The molecule has 0 unspecified atom stereocenters. The third-order valence-electron chi connectivity index (χ3n) is 4.32. The van der Waals surface area contributed by atoms with E-state index in [-0.39, 0.29) is 0 Å². The van der Waals surface area contributed by atoms with E-state index in [1.807, 2.05) is 12.1 Å². The second-order valence-electron chi connectivity index (χ2n) is 6.57. The van der Waals surface area contributed by atoms with E-state index >= 15 is 0 Å². The molecule has 0 radical (unpaired) electrons. The molecule has 24 heavy (non-hydrogen) atoms. The molecule has 2 nitrogen and oxygen atoms in total. The van der Waals surface area contributed by atoms with Crippen LogP contribution in [-0.2, 0) is 6.42 Å². The molecule has 0 N–H and O–H groups in total. The van der Waals surface area contributed by atoms with Gasteiger partial charge in [-0.1, -0.05) is 75.3 Å². The normalized spacial score (nSPS) is 11.2. The summed E-state index contributed by atoms with van der Waals surface area (Å²) >= 11 is 0. The zero-order valence-electron chi connectivity index (χ0n) is 15.2. The number of hydrogen-bond donors (Lipinski definition) is 0. The Labute approximate surface area is 147 Å². The van der Waals surface area contributed by atoms with Crippen molar-refractivity contribution in [2.24, 2.45) is 10.2 Å². The van der Waals surface area contributed by atoms with E-state index in [4.69, 9.17) is 0 Å². The fourth-order valence-electron chi connectivity index (χ4n) is 2.74. The molecule has 0 atom stereocenters. The maximum Gasteiger partial charge on any atom is 0.0857 e. The Morgan fingerprint density at radius 2 is 1.12 bits per heavy atom. The lowest BCUT2D eigenvalue weighted by Gasteiger charge is -2.03. The predicted octanol–water partition coefficient (Wildman–Crippen LogP) is 7.70. The molecule has 0 heterocycles. The lowest BCUT2D eigenvalue weighted by atomic mass is 10.0. The van der Waals surface area contributed by atoms with Crippen molar-refractivity contribution in [3.05, 3.63) is 59.7 Å². The van der Waals surface area contributed by atoms with Gasteiger partial charge in [0.2, 0.25) is 0 Å². The van der Waals surface area contributed by atoms with Gasteiger partial charge in [0.25, 0.3) is 0 Å².